The number of benzene rings is 2. The first-order chi connectivity index (χ1) is 8.69. The Balaban J connectivity index is 2.09. The molecule has 2 aromatic carbocycles. The van der Waals surface area contributed by atoms with Crippen molar-refractivity contribution >= 4 is 11.6 Å². The summed E-state index contributed by atoms with van der Waals surface area (Å²) in [5.74, 6) is -0.210. The fraction of sp³-hybridized carbons (Fsp3) is 0.250. The van der Waals surface area contributed by atoms with Crippen molar-refractivity contribution in [3.63, 3.8) is 0 Å². The van der Waals surface area contributed by atoms with Gasteiger partial charge in [-0.25, -0.2) is 4.39 Å². The fourth-order valence-electron chi connectivity index (χ4n) is 1.95. The first-order valence-electron chi connectivity index (χ1n) is 6.16. The largest absolute Gasteiger partial charge is 0.207 e. The Morgan fingerprint density at radius 1 is 1.06 bits per heavy atom. The van der Waals surface area contributed by atoms with Gasteiger partial charge in [0.2, 0.25) is 0 Å². The van der Waals surface area contributed by atoms with E-state index in [1.54, 1.807) is 6.07 Å². The third-order valence-electron chi connectivity index (χ3n) is 3.05. The van der Waals surface area contributed by atoms with Gasteiger partial charge >= 0.3 is 0 Å². The molecule has 0 aliphatic carbocycles. The number of hydrogen-bond donors (Lipinski definition) is 0. The van der Waals surface area contributed by atoms with Crippen molar-refractivity contribution in [3.8, 4) is 0 Å². The lowest BCUT2D eigenvalue weighted by Crippen LogP contribution is -1.96. The van der Waals surface area contributed by atoms with Crippen LogP contribution < -0.4 is 0 Å². The van der Waals surface area contributed by atoms with Gasteiger partial charge in [-0.15, -0.1) is 11.6 Å². The van der Waals surface area contributed by atoms with E-state index in [1.165, 1.54) is 17.7 Å². The molecule has 0 saturated heterocycles. The van der Waals surface area contributed by atoms with E-state index in [2.05, 4.69) is 31.2 Å². The molecule has 2 aromatic rings. The lowest BCUT2D eigenvalue weighted by molar-refractivity contribution is 0.625. The minimum Gasteiger partial charge on any atom is -0.207 e. The molecule has 18 heavy (non-hydrogen) atoms. The molecule has 2 rings (SSSR count). The van der Waals surface area contributed by atoms with E-state index in [0.29, 0.717) is 6.42 Å². The molecule has 0 nitrogen and oxygen atoms in total. The second kappa shape index (κ2) is 6.01. The summed E-state index contributed by atoms with van der Waals surface area (Å²) in [6, 6.07) is 14.9. The molecule has 0 aliphatic heterocycles. The van der Waals surface area contributed by atoms with Gasteiger partial charge < -0.3 is 0 Å². The molecule has 0 amide bonds. The van der Waals surface area contributed by atoms with Gasteiger partial charge in [-0.3, -0.25) is 0 Å². The van der Waals surface area contributed by atoms with E-state index in [1.807, 2.05) is 6.07 Å². The smallest absolute Gasteiger partial charge is 0.123 e. The predicted molar refractivity (Wildman–Crippen MR) is 74.5 cm³/mol. The quantitative estimate of drug-likeness (QED) is 0.687. The molecule has 0 saturated carbocycles. The summed E-state index contributed by atoms with van der Waals surface area (Å²) in [6.45, 7) is 2.12. The Bertz CT molecular complexity index is 505. The van der Waals surface area contributed by atoms with Crippen LogP contribution in [-0.2, 0) is 12.8 Å². The van der Waals surface area contributed by atoms with Gasteiger partial charge in [-0.1, -0.05) is 43.3 Å². The van der Waals surface area contributed by atoms with Crippen molar-refractivity contribution < 1.29 is 4.39 Å². The van der Waals surface area contributed by atoms with Crippen LogP contribution in [0.25, 0.3) is 0 Å². The maximum Gasteiger partial charge on any atom is 0.123 e. The molecular formula is C16H16ClF. The van der Waals surface area contributed by atoms with Crippen LogP contribution in [0.2, 0.25) is 0 Å². The standard InChI is InChI=1S/C16H16ClF/c1-2-12-6-8-14(9-7-12)16(17)11-13-4-3-5-15(18)10-13/h3-10,16H,2,11H2,1H3. The highest BCUT2D eigenvalue weighted by atomic mass is 35.5. The van der Waals surface area contributed by atoms with E-state index < -0.39 is 0 Å². The second-order valence-electron chi connectivity index (χ2n) is 4.40. The van der Waals surface area contributed by atoms with Gasteiger partial charge in [0.05, 0.1) is 5.38 Å². The van der Waals surface area contributed by atoms with Crippen molar-refractivity contribution in [2.75, 3.05) is 0 Å². The van der Waals surface area contributed by atoms with Crippen LogP contribution in [0.4, 0.5) is 4.39 Å². The Morgan fingerprint density at radius 2 is 1.78 bits per heavy atom. The molecule has 0 radical (unpaired) electrons. The maximum atomic E-state index is 13.1. The van der Waals surface area contributed by atoms with Crippen LogP contribution in [0.5, 0.6) is 0 Å². The summed E-state index contributed by atoms with van der Waals surface area (Å²) in [4.78, 5) is 0. The Labute approximate surface area is 112 Å². The molecule has 0 aromatic heterocycles. The van der Waals surface area contributed by atoms with Gasteiger partial charge in [0.25, 0.3) is 0 Å². The van der Waals surface area contributed by atoms with Crippen molar-refractivity contribution in [2.24, 2.45) is 0 Å². The molecular weight excluding hydrogens is 247 g/mol. The van der Waals surface area contributed by atoms with Crippen molar-refractivity contribution in [3.05, 3.63) is 71.0 Å². The van der Waals surface area contributed by atoms with E-state index >= 15 is 0 Å². The summed E-state index contributed by atoms with van der Waals surface area (Å²) in [5.41, 5.74) is 3.31. The number of rotatable bonds is 4. The van der Waals surface area contributed by atoms with Crippen molar-refractivity contribution in [2.45, 2.75) is 25.1 Å². The SMILES string of the molecule is CCc1ccc(C(Cl)Cc2cccc(F)c2)cc1. The van der Waals surface area contributed by atoms with E-state index in [-0.39, 0.29) is 11.2 Å². The molecule has 0 fully saturated rings. The minimum atomic E-state index is -0.210. The van der Waals surface area contributed by atoms with Gasteiger partial charge in [0.15, 0.2) is 0 Å². The lowest BCUT2D eigenvalue weighted by atomic mass is 10.0. The van der Waals surface area contributed by atoms with E-state index in [4.69, 9.17) is 11.6 Å². The average Bonchev–Trinajstić information content (AvgIpc) is 2.39. The molecule has 0 N–H and O–H groups in total. The Morgan fingerprint density at radius 3 is 2.39 bits per heavy atom. The molecule has 0 bridgehead atoms. The van der Waals surface area contributed by atoms with Crippen LogP contribution in [-0.4, -0.2) is 0 Å². The van der Waals surface area contributed by atoms with Gasteiger partial charge in [0, 0.05) is 0 Å². The van der Waals surface area contributed by atoms with Crippen LogP contribution in [0.15, 0.2) is 48.5 Å². The molecule has 1 unspecified atom stereocenters. The summed E-state index contributed by atoms with van der Waals surface area (Å²) in [7, 11) is 0. The summed E-state index contributed by atoms with van der Waals surface area (Å²) in [5, 5.41) is -0.113. The fourth-order valence-corrected chi connectivity index (χ4v) is 2.27. The molecule has 0 heterocycles. The summed E-state index contributed by atoms with van der Waals surface area (Å²) >= 11 is 6.37. The number of halogens is 2. The normalized spacial score (nSPS) is 12.4. The predicted octanol–water partition coefficient (Wildman–Crippen LogP) is 4.91. The Hall–Kier alpha value is -1.34. The number of aryl methyl sites for hydroxylation is 1. The second-order valence-corrected chi connectivity index (χ2v) is 4.92. The first-order valence-corrected chi connectivity index (χ1v) is 6.60. The molecule has 1 atom stereocenters. The monoisotopic (exact) mass is 262 g/mol. The Kier molecular flexibility index (Phi) is 4.38. The zero-order valence-electron chi connectivity index (χ0n) is 10.4. The highest BCUT2D eigenvalue weighted by molar-refractivity contribution is 6.20. The molecule has 2 heteroatoms. The number of hydrogen-bond acceptors (Lipinski definition) is 0. The van der Waals surface area contributed by atoms with Crippen molar-refractivity contribution in [1.82, 2.24) is 0 Å². The minimum absolute atomic E-state index is 0.113. The van der Waals surface area contributed by atoms with Crippen molar-refractivity contribution in [1.29, 1.82) is 0 Å². The van der Waals surface area contributed by atoms with Crippen LogP contribution in [0.1, 0.15) is 29.0 Å². The zero-order chi connectivity index (χ0) is 13.0. The summed E-state index contributed by atoms with van der Waals surface area (Å²) in [6.07, 6.45) is 1.67. The molecule has 0 spiro atoms. The lowest BCUT2D eigenvalue weighted by Gasteiger charge is -2.10. The molecule has 94 valence electrons. The third-order valence-corrected chi connectivity index (χ3v) is 3.46. The molecule has 0 aliphatic rings. The first kappa shape index (κ1) is 13.1. The van der Waals surface area contributed by atoms with Crippen LogP contribution in [0, 0.1) is 5.82 Å². The zero-order valence-corrected chi connectivity index (χ0v) is 11.1. The van der Waals surface area contributed by atoms with E-state index in [0.717, 1.165) is 17.5 Å². The average molecular weight is 263 g/mol. The van der Waals surface area contributed by atoms with E-state index in [9.17, 15) is 4.39 Å². The van der Waals surface area contributed by atoms with Crippen LogP contribution in [0.3, 0.4) is 0 Å². The van der Waals surface area contributed by atoms with Gasteiger partial charge in [-0.2, -0.15) is 0 Å². The number of alkyl halides is 1. The highest BCUT2D eigenvalue weighted by Gasteiger charge is 2.09. The highest BCUT2D eigenvalue weighted by Crippen LogP contribution is 2.25. The summed E-state index contributed by atoms with van der Waals surface area (Å²) < 4.78 is 13.1. The topological polar surface area (TPSA) is 0 Å². The van der Waals surface area contributed by atoms with Gasteiger partial charge in [-0.05, 0) is 41.7 Å². The third kappa shape index (κ3) is 3.33. The van der Waals surface area contributed by atoms with Gasteiger partial charge in [0.1, 0.15) is 5.82 Å². The van der Waals surface area contributed by atoms with Crippen LogP contribution >= 0.6 is 11.6 Å². The maximum absolute atomic E-state index is 13.1.